The van der Waals surface area contributed by atoms with E-state index in [1.807, 2.05) is 6.07 Å². The monoisotopic (exact) mass is 542 g/mol. The number of anilines is 1. The number of carbonyl (C=O) groups excluding carboxylic acids is 1. The normalized spacial score (nSPS) is 22.2. The van der Waals surface area contributed by atoms with Gasteiger partial charge in [0, 0.05) is 30.9 Å². The number of piperidine rings is 1. The second kappa shape index (κ2) is 10.2. The zero-order valence-corrected chi connectivity index (χ0v) is 21.7. The quantitative estimate of drug-likeness (QED) is 0.436. The molecule has 1 aliphatic carbocycles. The standard InChI is InChI=1S/C27H29ClF2N6O2/c1-15-6-21(29)19(27(37)34-16-2-3-16)8-25(15)36-11-24(32-14-36)20-7-17(9-31-26(20)28)33-23-4-5-35(10-22(23)30)18-12-38-13-18/h6-9,11,14,16,18,22-23,33H,2-5,10,12-13H2,1H3,(H,34,37)/t22-,23+/m1/s1. The number of nitrogens with one attached hydrogen (secondary N) is 2. The van der Waals surface area contributed by atoms with Crippen LogP contribution >= 0.6 is 11.6 Å². The molecule has 4 heterocycles. The van der Waals surface area contributed by atoms with E-state index in [0.717, 1.165) is 19.4 Å². The van der Waals surface area contributed by atoms with E-state index in [-0.39, 0.29) is 22.8 Å². The molecule has 0 unspecified atom stereocenters. The van der Waals surface area contributed by atoms with E-state index >= 15 is 0 Å². The number of aryl methyl sites for hydroxylation is 1. The largest absolute Gasteiger partial charge is 0.378 e. The van der Waals surface area contributed by atoms with Gasteiger partial charge in [-0.1, -0.05) is 11.6 Å². The number of amides is 1. The molecule has 6 rings (SSSR count). The fourth-order valence-electron chi connectivity index (χ4n) is 4.98. The van der Waals surface area contributed by atoms with Gasteiger partial charge >= 0.3 is 0 Å². The molecule has 1 saturated carbocycles. The van der Waals surface area contributed by atoms with Crippen LogP contribution in [0.3, 0.4) is 0 Å². The van der Waals surface area contributed by atoms with Gasteiger partial charge in [0.05, 0.1) is 60.5 Å². The molecule has 3 fully saturated rings. The van der Waals surface area contributed by atoms with Crippen molar-refractivity contribution in [1.82, 2.24) is 24.8 Å². The summed E-state index contributed by atoms with van der Waals surface area (Å²) in [5.74, 6) is -0.982. The number of hydrogen-bond acceptors (Lipinski definition) is 6. The van der Waals surface area contributed by atoms with Crippen LogP contribution in [0.1, 0.15) is 35.2 Å². The molecule has 2 aromatic heterocycles. The second-order valence-electron chi connectivity index (χ2n) is 10.3. The Morgan fingerprint density at radius 1 is 1.18 bits per heavy atom. The summed E-state index contributed by atoms with van der Waals surface area (Å²) in [5, 5.41) is 6.38. The van der Waals surface area contributed by atoms with Crippen molar-refractivity contribution < 1.29 is 18.3 Å². The van der Waals surface area contributed by atoms with Crippen LogP contribution in [-0.2, 0) is 4.74 Å². The van der Waals surface area contributed by atoms with Crippen molar-refractivity contribution in [2.45, 2.75) is 50.5 Å². The third-order valence-electron chi connectivity index (χ3n) is 7.48. The molecule has 8 nitrogen and oxygen atoms in total. The third kappa shape index (κ3) is 5.12. The number of likely N-dealkylation sites (tertiary alicyclic amines) is 1. The van der Waals surface area contributed by atoms with E-state index in [4.69, 9.17) is 16.3 Å². The third-order valence-corrected chi connectivity index (χ3v) is 7.78. The molecule has 2 aliphatic heterocycles. The molecule has 2 atom stereocenters. The van der Waals surface area contributed by atoms with Gasteiger partial charge in [-0.05, 0) is 49.9 Å². The number of benzene rings is 1. The van der Waals surface area contributed by atoms with Crippen LogP contribution in [0.15, 0.2) is 36.9 Å². The Bertz CT molecular complexity index is 1360. The number of pyridine rings is 1. The number of imidazole rings is 1. The number of aromatic nitrogens is 3. The smallest absolute Gasteiger partial charge is 0.254 e. The lowest BCUT2D eigenvalue weighted by Crippen LogP contribution is -2.57. The van der Waals surface area contributed by atoms with Crippen LogP contribution in [-0.4, -0.2) is 75.9 Å². The van der Waals surface area contributed by atoms with Gasteiger partial charge < -0.3 is 19.9 Å². The first-order chi connectivity index (χ1) is 18.4. The molecule has 11 heteroatoms. The van der Waals surface area contributed by atoms with E-state index in [9.17, 15) is 13.6 Å². The van der Waals surface area contributed by atoms with E-state index < -0.39 is 17.9 Å². The van der Waals surface area contributed by atoms with E-state index in [2.05, 4.69) is 25.5 Å². The maximum absolute atomic E-state index is 15.0. The maximum Gasteiger partial charge on any atom is 0.254 e. The number of hydrogen-bond donors (Lipinski definition) is 2. The molecule has 0 bridgehead atoms. The predicted octanol–water partition coefficient (Wildman–Crippen LogP) is 4.15. The number of nitrogens with zero attached hydrogens (tertiary/aromatic N) is 4. The average molecular weight is 543 g/mol. The van der Waals surface area contributed by atoms with E-state index in [1.165, 1.54) is 12.1 Å². The van der Waals surface area contributed by atoms with Crippen molar-refractivity contribution >= 4 is 23.2 Å². The summed E-state index contributed by atoms with van der Waals surface area (Å²) in [4.78, 5) is 23.5. The Kier molecular flexibility index (Phi) is 6.79. The Balaban J connectivity index is 1.20. The summed E-state index contributed by atoms with van der Waals surface area (Å²) in [6.45, 7) is 4.31. The topological polar surface area (TPSA) is 84.3 Å². The Morgan fingerprint density at radius 3 is 2.71 bits per heavy atom. The lowest BCUT2D eigenvalue weighted by molar-refractivity contribution is -0.0793. The first-order valence-corrected chi connectivity index (χ1v) is 13.3. The maximum atomic E-state index is 15.0. The molecule has 1 amide bonds. The van der Waals surface area contributed by atoms with Gasteiger partial charge in [-0.2, -0.15) is 0 Å². The number of alkyl halides is 1. The van der Waals surface area contributed by atoms with Gasteiger partial charge in [0.15, 0.2) is 0 Å². The number of rotatable bonds is 7. The SMILES string of the molecule is Cc1cc(F)c(C(=O)NC2CC2)cc1-n1cnc(-c2cc(N[C@H]3CCN(C4COC4)C[C@H]3F)cnc2Cl)c1. The van der Waals surface area contributed by atoms with Crippen LogP contribution < -0.4 is 10.6 Å². The number of halogens is 3. The van der Waals surface area contributed by atoms with Crippen molar-refractivity contribution in [3.05, 3.63) is 59.0 Å². The molecule has 0 radical (unpaired) electrons. The van der Waals surface area contributed by atoms with Crippen LogP contribution in [0.5, 0.6) is 0 Å². The Morgan fingerprint density at radius 2 is 2.00 bits per heavy atom. The minimum Gasteiger partial charge on any atom is -0.378 e. The summed E-state index contributed by atoms with van der Waals surface area (Å²) in [6.07, 6.45) is 6.43. The van der Waals surface area contributed by atoms with Crippen molar-refractivity contribution in [3.63, 3.8) is 0 Å². The summed E-state index contributed by atoms with van der Waals surface area (Å²) in [5.41, 5.74) is 3.08. The molecule has 200 valence electrons. The second-order valence-corrected chi connectivity index (χ2v) is 10.7. The molecule has 1 aromatic carbocycles. The summed E-state index contributed by atoms with van der Waals surface area (Å²) in [6, 6.07) is 4.82. The van der Waals surface area contributed by atoms with Crippen molar-refractivity contribution in [3.8, 4) is 16.9 Å². The van der Waals surface area contributed by atoms with Gasteiger partial charge in [0.2, 0.25) is 0 Å². The highest BCUT2D eigenvalue weighted by Crippen LogP contribution is 2.31. The zero-order valence-electron chi connectivity index (χ0n) is 21.0. The van der Waals surface area contributed by atoms with Gasteiger partial charge in [-0.25, -0.2) is 18.7 Å². The highest BCUT2D eigenvalue weighted by atomic mass is 35.5. The molecule has 3 aromatic rings. The summed E-state index contributed by atoms with van der Waals surface area (Å²) < 4.78 is 36.5. The highest BCUT2D eigenvalue weighted by Gasteiger charge is 2.35. The van der Waals surface area contributed by atoms with Gasteiger partial charge in [-0.3, -0.25) is 9.69 Å². The summed E-state index contributed by atoms with van der Waals surface area (Å²) >= 11 is 6.42. The minimum atomic E-state index is -1.02. The van der Waals surface area contributed by atoms with E-state index in [1.54, 1.807) is 30.2 Å². The van der Waals surface area contributed by atoms with Crippen molar-refractivity contribution in [2.75, 3.05) is 31.6 Å². The lowest BCUT2D eigenvalue weighted by Gasteiger charge is -2.43. The Hall–Kier alpha value is -3.08. The molecule has 38 heavy (non-hydrogen) atoms. The molecule has 0 spiro atoms. The van der Waals surface area contributed by atoms with Gasteiger partial charge in [-0.15, -0.1) is 0 Å². The molecular weight excluding hydrogens is 514 g/mol. The van der Waals surface area contributed by atoms with Gasteiger partial charge in [0.1, 0.15) is 17.1 Å². The van der Waals surface area contributed by atoms with Crippen LogP contribution in [0.2, 0.25) is 5.15 Å². The number of ether oxygens (including phenoxy) is 1. The molecule has 3 aliphatic rings. The predicted molar refractivity (Wildman–Crippen MR) is 140 cm³/mol. The molecular formula is C27H29ClF2N6O2. The van der Waals surface area contributed by atoms with Crippen LogP contribution in [0.4, 0.5) is 14.5 Å². The fourth-order valence-corrected chi connectivity index (χ4v) is 5.18. The van der Waals surface area contributed by atoms with Crippen molar-refractivity contribution in [2.24, 2.45) is 0 Å². The minimum absolute atomic E-state index is 0.00435. The van der Waals surface area contributed by atoms with Crippen molar-refractivity contribution in [1.29, 1.82) is 0 Å². The molecule has 2 saturated heterocycles. The Labute approximate surface area is 224 Å². The highest BCUT2D eigenvalue weighted by molar-refractivity contribution is 6.32. The van der Waals surface area contributed by atoms with Crippen LogP contribution in [0, 0.1) is 12.7 Å². The van der Waals surface area contributed by atoms with Gasteiger partial charge in [0.25, 0.3) is 5.91 Å². The average Bonchev–Trinajstić information content (AvgIpc) is 3.53. The van der Waals surface area contributed by atoms with E-state index in [0.29, 0.717) is 60.4 Å². The molecule has 2 N–H and O–H groups in total. The first-order valence-electron chi connectivity index (χ1n) is 12.9. The summed E-state index contributed by atoms with van der Waals surface area (Å²) in [7, 11) is 0. The zero-order chi connectivity index (χ0) is 26.4. The lowest BCUT2D eigenvalue weighted by atomic mass is 10.00. The first kappa shape index (κ1) is 25.2. The number of carbonyl (C=O) groups is 1. The van der Waals surface area contributed by atoms with Crippen LogP contribution in [0.25, 0.3) is 16.9 Å². The fraction of sp³-hybridized carbons (Fsp3) is 0.444.